The number of piperidine rings is 1. The van der Waals surface area contributed by atoms with Crippen molar-refractivity contribution in [1.82, 2.24) is 4.90 Å². The molecule has 1 fully saturated rings. The zero-order valence-electron chi connectivity index (χ0n) is 8.03. The van der Waals surface area contributed by atoms with Gasteiger partial charge in [-0.15, -0.1) is 0 Å². The Bertz CT molecular complexity index is 327. The van der Waals surface area contributed by atoms with Gasteiger partial charge in [-0.25, -0.2) is 0 Å². The molecular formula is C10H14N2O2. The van der Waals surface area contributed by atoms with Crippen molar-refractivity contribution >= 4 is 11.8 Å². The molecule has 4 nitrogen and oxygen atoms in total. The van der Waals surface area contributed by atoms with Gasteiger partial charge in [0.25, 0.3) is 5.91 Å². The Kier molecular flexibility index (Phi) is 2.43. The number of hydrogen-bond donors (Lipinski definition) is 1. The SMILES string of the molecule is Nc1occc1C(=O)N1CCCCC1. The van der Waals surface area contributed by atoms with Crippen molar-refractivity contribution in [2.75, 3.05) is 18.8 Å². The van der Waals surface area contributed by atoms with E-state index < -0.39 is 0 Å². The van der Waals surface area contributed by atoms with E-state index in [1.807, 2.05) is 4.90 Å². The maximum Gasteiger partial charge on any atom is 0.259 e. The number of likely N-dealkylation sites (tertiary alicyclic amines) is 1. The van der Waals surface area contributed by atoms with Crippen molar-refractivity contribution in [2.45, 2.75) is 19.3 Å². The van der Waals surface area contributed by atoms with Crippen LogP contribution in [0, 0.1) is 0 Å². The molecule has 1 aromatic heterocycles. The fourth-order valence-electron chi connectivity index (χ4n) is 1.77. The maximum absolute atomic E-state index is 11.9. The monoisotopic (exact) mass is 194 g/mol. The van der Waals surface area contributed by atoms with Crippen LogP contribution in [0.25, 0.3) is 0 Å². The van der Waals surface area contributed by atoms with Crippen LogP contribution >= 0.6 is 0 Å². The van der Waals surface area contributed by atoms with Gasteiger partial charge in [0, 0.05) is 13.1 Å². The van der Waals surface area contributed by atoms with Gasteiger partial charge in [-0.3, -0.25) is 4.79 Å². The minimum absolute atomic E-state index is 0.00375. The highest BCUT2D eigenvalue weighted by molar-refractivity contribution is 5.98. The Hall–Kier alpha value is -1.45. The van der Waals surface area contributed by atoms with Gasteiger partial charge in [-0.2, -0.15) is 0 Å². The van der Waals surface area contributed by atoms with Gasteiger partial charge in [0.05, 0.1) is 6.26 Å². The van der Waals surface area contributed by atoms with Crippen molar-refractivity contribution < 1.29 is 9.21 Å². The molecule has 0 unspecified atom stereocenters. The third kappa shape index (κ3) is 1.60. The molecule has 76 valence electrons. The van der Waals surface area contributed by atoms with Crippen LogP contribution in [0.15, 0.2) is 16.7 Å². The molecule has 1 amide bonds. The summed E-state index contributed by atoms with van der Waals surface area (Å²) in [7, 11) is 0. The summed E-state index contributed by atoms with van der Waals surface area (Å²) < 4.78 is 4.91. The van der Waals surface area contributed by atoms with Crippen LogP contribution in [0.4, 0.5) is 5.88 Å². The summed E-state index contributed by atoms with van der Waals surface area (Å²) in [5, 5.41) is 0. The fraction of sp³-hybridized carbons (Fsp3) is 0.500. The van der Waals surface area contributed by atoms with Gasteiger partial charge in [0.2, 0.25) is 5.88 Å². The number of rotatable bonds is 1. The molecule has 1 aliphatic heterocycles. The van der Waals surface area contributed by atoms with Crippen LogP contribution in [-0.2, 0) is 0 Å². The van der Waals surface area contributed by atoms with E-state index in [-0.39, 0.29) is 11.8 Å². The number of nitrogens with zero attached hydrogens (tertiary/aromatic N) is 1. The molecule has 0 bridgehead atoms. The third-order valence-corrected chi connectivity index (χ3v) is 2.57. The summed E-state index contributed by atoms with van der Waals surface area (Å²) >= 11 is 0. The molecule has 4 heteroatoms. The van der Waals surface area contributed by atoms with Crippen molar-refractivity contribution in [3.8, 4) is 0 Å². The number of amides is 1. The number of anilines is 1. The largest absolute Gasteiger partial charge is 0.448 e. The van der Waals surface area contributed by atoms with E-state index in [2.05, 4.69) is 0 Å². The van der Waals surface area contributed by atoms with E-state index in [0.717, 1.165) is 25.9 Å². The summed E-state index contributed by atoms with van der Waals surface area (Å²) in [6.45, 7) is 1.67. The molecule has 0 spiro atoms. The predicted octanol–water partition coefficient (Wildman–Crippen LogP) is 1.49. The first-order valence-corrected chi connectivity index (χ1v) is 4.91. The molecular weight excluding hydrogens is 180 g/mol. The standard InChI is InChI=1S/C10H14N2O2/c11-9-8(4-7-14-9)10(13)12-5-2-1-3-6-12/h4,7H,1-3,5-6,11H2. The first-order chi connectivity index (χ1) is 6.79. The predicted molar refractivity (Wildman–Crippen MR) is 52.9 cm³/mol. The molecule has 0 atom stereocenters. The highest BCUT2D eigenvalue weighted by Crippen LogP contribution is 2.18. The molecule has 2 rings (SSSR count). The molecule has 14 heavy (non-hydrogen) atoms. The first-order valence-electron chi connectivity index (χ1n) is 4.91. The van der Waals surface area contributed by atoms with Crippen LogP contribution in [-0.4, -0.2) is 23.9 Å². The Morgan fingerprint density at radius 3 is 2.64 bits per heavy atom. The second-order valence-corrected chi connectivity index (χ2v) is 3.55. The maximum atomic E-state index is 11.9. The van der Waals surface area contributed by atoms with E-state index in [9.17, 15) is 4.79 Å². The van der Waals surface area contributed by atoms with Crippen LogP contribution in [0.5, 0.6) is 0 Å². The van der Waals surface area contributed by atoms with E-state index in [1.165, 1.54) is 12.7 Å². The van der Waals surface area contributed by atoms with Gasteiger partial charge < -0.3 is 15.1 Å². The van der Waals surface area contributed by atoms with Crippen LogP contribution < -0.4 is 5.73 Å². The average molecular weight is 194 g/mol. The minimum atomic E-state index is -0.00375. The second kappa shape index (κ2) is 3.74. The van der Waals surface area contributed by atoms with Gasteiger partial charge in [-0.05, 0) is 25.3 Å². The summed E-state index contributed by atoms with van der Waals surface area (Å²) in [6.07, 6.45) is 4.84. The Balaban J connectivity index is 2.11. The molecule has 1 aliphatic rings. The van der Waals surface area contributed by atoms with E-state index >= 15 is 0 Å². The number of nitrogen functional groups attached to an aromatic ring is 1. The lowest BCUT2D eigenvalue weighted by Crippen LogP contribution is -2.35. The lowest BCUT2D eigenvalue weighted by atomic mass is 10.1. The fourth-order valence-corrected chi connectivity index (χ4v) is 1.77. The van der Waals surface area contributed by atoms with Crippen molar-refractivity contribution in [3.05, 3.63) is 17.9 Å². The zero-order valence-corrected chi connectivity index (χ0v) is 8.03. The Morgan fingerprint density at radius 1 is 1.36 bits per heavy atom. The quantitative estimate of drug-likeness (QED) is 0.736. The third-order valence-electron chi connectivity index (χ3n) is 2.57. The molecule has 0 saturated carbocycles. The lowest BCUT2D eigenvalue weighted by molar-refractivity contribution is 0.0725. The molecule has 1 saturated heterocycles. The molecule has 2 heterocycles. The summed E-state index contributed by atoms with van der Waals surface area (Å²) in [6, 6.07) is 1.63. The molecule has 0 radical (unpaired) electrons. The summed E-state index contributed by atoms with van der Waals surface area (Å²) in [4.78, 5) is 13.7. The Morgan fingerprint density at radius 2 is 2.07 bits per heavy atom. The summed E-state index contributed by atoms with van der Waals surface area (Å²) in [5.41, 5.74) is 6.03. The van der Waals surface area contributed by atoms with Crippen LogP contribution in [0.2, 0.25) is 0 Å². The number of hydrogen-bond acceptors (Lipinski definition) is 3. The van der Waals surface area contributed by atoms with Crippen LogP contribution in [0.3, 0.4) is 0 Å². The van der Waals surface area contributed by atoms with Gasteiger partial charge >= 0.3 is 0 Å². The molecule has 0 aromatic carbocycles. The first kappa shape index (κ1) is 9.12. The molecule has 1 aromatic rings. The highest BCUT2D eigenvalue weighted by Gasteiger charge is 2.21. The van der Waals surface area contributed by atoms with Gasteiger partial charge in [0.1, 0.15) is 5.56 Å². The van der Waals surface area contributed by atoms with Gasteiger partial charge in [-0.1, -0.05) is 0 Å². The topological polar surface area (TPSA) is 59.5 Å². The normalized spacial score (nSPS) is 17.0. The average Bonchev–Trinajstić information content (AvgIpc) is 2.65. The van der Waals surface area contributed by atoms with Crippen molar-refractivity contribution in [3.63, 3.8) is 0 Å². The Labute approximate surface area is 82.7 Å². The smallest absolute Gasteiger partial charge is 0.259 e. The van der Waals surface area contributed by atoms with E-state index in [1.54, 1.807) is 6.07 Å². The lowest BCUT2D eigenvalue weighted by Gasteiger charge is -2.26. The second-order valence-electron chi connectivity index (χ2n) is 3.55. The van der Waals surface area contributed by atoms with E-state index in [0.29, 0.717) is 5.56 Å². The van der Waals surface area contributed by atoms with E-state index in [4.69, 9.17) is 10.2 Å². The van der Waals surface area contributed by atoms with Crippen molar-refractivity contribution in [1.29, 1.82) is 0 Å². The minimum Gasteiger partial charge on any atom is -0.448 e. The molecule has 2 N–H and O–H groups in total. The van der Waals surface area contributed by atoms with Crippen LogP contribution in [0.1, 0.15) is 29.6 Å². The zero-order chi connectivity index (χ0) is 9.97. The summed E-state index contributed by atoms with van der Waals surface area (Å²) in [5.74, 6) is 0.219. The number of nitrogens with two attached hydrogens (primary N) is 1. The number of carbonyl (C=O) groups excluding carboxylic acids is 1. The van der Waals surface area contributed by atoms with Gasteiger partial charge in [0.15, 0.2) is 0 Å². The molecule has 0 aliphatic carbocycles. The number of carbonyl (C=O) groups is 1. The van der Waals surface area contributed by atoms with Crippen molar-refractivity contribution in [2.24, 2.45) is 0 Å². The highest BCUT2D eigenvalue weighted by atomic mass is 16.3. The number of furan rings is 1.